The van der Waals surface area contributed by atoms with Crippen molar-refractivity contribution in [3.05, 3.63) is 29.8 Å². The third kappa shape index (κ3) is 2.68. The summed E-state index contributed by atoms with van der Waals surface area (Å²) in [6, 6.07) is 8.39. The van der Waals surface area contributed by atoms with Crippen molar-refractivity contribution in [3.8, 4) is 0 Å². The van der Waals surface area contributed by atoms with Crippen LogP contribution >= 0.6 is 0 Å². The van der Waals surface area contributed by atoms with Gasteiger partial charge in [0.25, 0.3) is 0 Å². The molecule has 15 heavy (non-hydrogen) atoms. The molecule has 0 amide bonds. The fourth-order valence-electron chi connectivity index (χ4n) is 2.54. The third-order valence-electron chi connectivity index (χ3n) is 3.40. The monoisotopic (exact) mass is 201 g/mol. The van der Waals surface area contributed by atoms with Crippen molar-refractivity contribution < 1.29 is 0 Å². The predicted octanol–water partition coefficient (Wildman–Crippen LogP) is 4.14. The summed E-state index contributed by atoms with van der Waals surface area (Å²) in [5.41, 5.74) is 2.45. The summed E-state index contributed by atoms with van der Waals surface area (Å²) < 4.78 is 0. The van der Waals surface area contributed by atoms with E-state index in [1.54, 1.807) is 0 Å². The van der Waals surface area contributed by atoms with Crippen LogP contribution in [-0.2, 0) is 6.42 Å². The van der Waals surface area contributed by atoms with Gasteiger partial charge < -0.3 is 0 Å². The minimum Gasteiger partial charge on any atom is -0.264 e. The van der Waals surface area contributed by atoms with Crippen LogP contribution in [0.4, 0.5) is 5.69 Å². The lowest BCUT2D eigenvalue weighted by atomic mass is 9.84. The van der Waals surface area contributed by atoms with Crippen LogP contribution in [0.15, 0.2) is 29.3 Å². The minimum absolute atomic E-state index is 0.877. The zero-order valence-electron chi connectivity index (χ0n) is 9.28. The lowest BCUT2D eigenvalue weighted by Gasteiger charge is -2.21. The maximum Gasteiger partial charge on any atom is 0.0654 e. The minimum atomic E-state index is 0.877. The highest BCUT2D eigenvalue weighted by atomic mass is 14.7. The fourth-order valence-corrected chi connectivity index (χ4v) is 2.54. The molecule has 0 N–H and O–H groups in total. The molecule has 2 rings (SSSR count). The molecule has 0 saturated heterocycles. The molecule has 1 fully saturated rings. The first-order chi connectivity index (χ1) is 7.40. The molecule has 0 spiro atoms. The molecule has 1 nitrogen and oxygen atoms in total. The molecular weight excluding hydrogens is 182 g/mol. The average molecular weight is 201 g/mol. The number of nitrogens with zero attached hydrogens (tertiary/aromatic N) is 1. The van der Waals surface area contributed by atoms with Crippen LogP contribution in [-0.4, -0.2) is 6.72 Å². The van der Waals surface area contributed by atoms with Crippen LogP contribution in [0, 0.1) is 5.92 Å². The van der Waals surface area contributed by atoms with Crippen molar-refractivity contribution in [3.63, 3.8) is 0 Å². The van der Waals surface area contributed by atoms with Crippen LogP contribution in [0.25, 0.3) is 0 Å². The van der Waals surface area contributed by atoms with Crippen molar-refractivity contribution >= 4 is 12.4 Å². The summed E-state index contributed by atoms with van der Waals surface area (Å²) in [6.07, 6.45) is 8.23. The van der Waals surface area contributed by atoms with Crippen LogP contribution in [0.5, 0.6) is 0 Å². The number of para-hydroxylation sites is 1. The van der Waals surface area contributed by atoms with Gasteiger partial charge in [0.1, 0.15) is 0 Å². The first kappa shape index (κ1) is 10.4. The second-order valence-corrected chi connectivity index (χ2v) is 4.49. The number of hydrogen-bond acceptors (Lipinski definition) is 1. The summed E-state index contributed by atoms with van der Waals surface area (Å²) in [6.45, 7) is 3.63. The smallest absolute Gasteiger partial charge is 0.0654 e. The first-order valence-corrected chi connectivity index (χ1v) is 5.95. The zero-order valence-corrected chi connectivity index (χ0v) is 9.28. The van der Waals surface area contributed by atoms with E-state index < -0.39 is 0 Å². The van der Waals surface area contributed by atoms with Gasteiger partial charge in [0.05, 0.1) is 5.69 Å². The fraction of sp³-hybridized carbons (Fsp3) is 0.500. The molecule has 0 unspecified atom stereocenters. The Hall–Kier alpha value is -1.11. The molecule has 1 aliphatic carbocycles. The van der Waals surface area contributed by atoms with E-state index in [9.17, 15) is 0 Å². The Morgan fingerprint density at radius 3 is 2.60 bits per heavy atom. The van der Waals surface area contributed by atoms with Gasteiger partial charge in [0.15, 0.2) is 0 Å². The molecule has 0 aliphatic heterocycles. The van der Waals surface area contributed by atoms with Crippen molar-refractivity contribution in [2.75, 3.05) is 0 Å². The molecule has 1 aliphatic rings. The van der Waals surface area contributed by atoms with E-state index in [1.165, 1.54) is 44.1 Å². The Kier molecular flexibility index (Phi) is 3.54. The Bertz CT molecular complexity index is 324. The molecule has 0 bridgehead atoms. The highest BCUT2D eigenvalue weighted by molar-refractivity contribution is 5.51. The van der Waals surface area contributed by atoms with Crippen LogP contribution in [0.1, 0.15) is 37.7 Å². The van der Waals surface area contributed by atoms with Gasteiger partial charge in [-0.1, -0.05) is 50.3 Å². The van der Waals surface area contributed by atoms with E-state index in [0.717, 1.165) is 11.6 Å². The Morgan fingerprint density at radius 2 is 1.87 bits per heavy atom. The quantitative estimate of drug-likeness (QED) is 0.652. The number of rotatable bonds is 3. The number of hydrogen-bond donors (Lipinski definition) is 0. The van der Waals surface area contributed by atoms with Gasteiger partial charge in [-0.25, -0.2) is 0 Å². The van der Waals surface area contributed by atoms with Gasteiger partial charge in [-0.3, -0.25) is 4.99 Å². The summed E-state index contributed by atoms with van der Waals surface area (Å²) in [4.78, 5) is 4.09. The SMILES string of the molecule is C=Nc1ccccc1CC1CCCCC1. The summed E-state index contributed by atoms with van der Waals surface area (Å²) in [7, 11) is 0. The molecule has 0 atom stereocenters. The zero-order chi connectivity index (χ0) is 10.5. The summed E-state index contributed by atoms with van der Waals surface area (Å²) in [5.74, 6) is 0.877. The third-order valence-corrected chi connectivity index (χ3v) is 3.40. The van der Waals surface area contributed by atoms with Gasteiger partial charge in [-0.2, -0.15) is 0 Å². The predicted molar refractivity (Wildman–Crippen MR) is 65.9 cm³/mol. The topological polar surface area (TPSA) is 12.4 Å². The van der Waals surface area contributed by atoms with Gasteiger partial charge in [-0.05, 0) is 30.7 Å². The lowest BCUT2D eigenvalue weighted by Crippen LogP contribution is -2.09. The highest BCUT2D eigenvalue weighted by Gasteiger charge is 2.14. The van der Waals surface area contributed by atoms with E-state index in [1.807, 2.05) is 6.07 Å². The van der Waals surface area contributed by atoms with E-state index >= 15 is 0 Å². The van der Waals surface area contributed by atoms with Crippen molar-refractivity contribution in [2.45, 2.75) is 38.5 Å². The number of benzene rings is 1. The van der Waals surface area contributed by atoms with E-state index in [4.69, 9.17) is 0 Å². The Labute approximate surface area is 92.2 Å². The van der Waals surface area contributed by atoms with Crippen molar-refractivity contribution in [1.82, 2.24) is 0 Å². The van der Waals surface area contributed by atoms with Gasteiger partial charge in [0, 0.05) is 0 Å². The Morgan fingerprint density at radius 1 is 1.13 bits per heavy atom. The average Bonchev–Trinajstić information content (AvgIpc) is 2.31. The van der Waals surface area contributed by atoms with Crippen LogP contribution < -0.4 is 0 Å². The van der Waals surface area contributed by atoms with E-state index in [-0.39, 0.29) is 0 Å². The largest absolute Gasteiger partial charge is 0.264 e. The molecule has 1 aromatic carbocycles. The normalized spacial score (nSPS) is 17.6. The van der Waals surface area contributed by atoms with Gasteiger partial charge >= 0.3 is 0 Å². The van der Waals surface area contributed by atoms with Crippen molar-refractivity contribution in [1.29, 1.82) is 0 Å². The standard InChI is InChI=1S/C14H19N/c1-15-14-10-6-5-9-13(14)11-12-7-3-2-4-8-12/h5-6,9-10,12H,1-4,7-8,11H2. The van der Waals surface area contributed by atoms with E-state index in [0.29, 0.717) is 0 Å². The lowest BCUT2D eigenvalue weighted by molar-refractivity contribution is 0.357. The molecule has 1 aromatic rings. The van der Waals surface area contributed by atoms with Crippen molar-refractivity contribution in [2.24, 2.45) is 10.9 Å². The first-order valence-electron chi connectivity index (χ1n) is 5.95. The molecule has 1 saturated carbocycles. The maximum atomic E-state index is 4.09. The molecule has 0 heterocycles. The van der Waals surface area contributed by atoms with Crippen LogP contribution in [0.3, 0.4) is 0 Å². The second kappa shape index (κ2) is 5.11. The van der Waals surface area contributed by atoms with Crippen LogP contribution in [0.2, 0.25) is 0 Å². The van der Waals surface area contributed by atoms with E-state index in [2.05, 4.69) is 29.9 Å². The second-order valence-electron chi connectivity index (χ2n) is 4.49. The maximum absolute atomic E-state index is 4.09. The molecule has 0 aromatic heterocycles. The highest BCUT2D eigenvalue weighted by Crippen LogP contribution is 2.29. The van der Waals surface area contributed by atoms with Gasteiger partial charge in [0.2, 0.25) is 0 Å². The summed E-state index contributed by atoms with van der Waals surface area (Å²) >= 11 is 0. The molecule has 80 valence electrons. The molecule has 0 radical (unpaired) electrons. The Balaban J connectivity index is 2.05. The molecular formula is C14H19N. The molecule has 1 heteroatoms. The van der Waals surface area contributed by atoms with Gasteiger partial charge in [-0.15, -0.1) is 0 Å². The number of aliphatic imine (C=N–C) groups is 1. The summed E-state index contributed by atoms with van der Waals surface area (Å²) in [5, 5.41) is 0.